The number of aliphatic carboxylic acids is 1. The van der Waals surface area contributed by atoms with E-state index < -0.39 is 5.97 Å². The van der Waals surface area contributed by atoms with Gasteiger partial charge in [-0.05, 0) is 12.8 Å². The van der Waals surface area contributed by atoms with Gasteiger partial charge in [0.25, 0.3) is 0 Å². The highest BCUT2D eigenvalue weighted by Gasteiger charge is 2.00. The number of carboxylic acid groups (broad SMARTS) is 1. The lowest BCUT2D eigenvalue weighted by molar-refractivity contribution is -0.137. The van der Waals surface area contributed by atoms with Crippen molar-refractivity contribution in [1.82, 2.24) is 5.32 Å². The molecule has 142 valence electrons. The van der Waals surface area contributed by atoms with E-state index in [0.29, 0.717) is 26.0 Å². The molecule has 0 aliphatic heterocycles. The van der Waals surface area contributed by atoms with Crippen molar-refractivity contribution in [2.24, 2.45) is 0 Å². The molecule has 0 rings (SSSR count). The molecule has 0 aromatic heterocycles. The molecule has 0 spiro atoms. The smallest absolute Gasteiger partial charge is 0.303 e. The third-order valence-corrected chi connectivity index (χ3v) is 4.17. The van der Waals surface area contributed by atoms with Gasteiger partial charge in [-0.15, -0.1) is 0 Å². The van der Waals surface area contributed by atoms with E-state index in [1.165, 1.54) is 51.4 Å². The number of carboxylic acids is 1. The topological polar surface area (TPSA) is 75.6 Å². The van der Waals surface area contributed by atoms with E-state index in [9.17, 15) is 9.59 Å². The first-order valence-corrected chi connectivity index (χ1v) is 9.64. The Hall–Kier alpha value is -1.10. The summed E-state index contributed by atoms with van der Waals surface area (Å²) in [5, 5.41) is 11.4. The average Bonchev–Trinajstić information content (AvgIpc) is 2.55. The fourth-order valence-electron chi connectivity index (χ4n) is 2.71. The number of ether oxygens (including phenoxy) is 1. The lowest BCUT2D eigenvalue weighted by Crippen LogP contribution is -2.26. The van der Waals surface area contributed by atoms with Gasteiger partial charge in [-0.1, -0.05) is 64.2 Å². The first-order chi connectivity index (χ1) is 11.7. The molecule has 0 aromatic rings. The highest BCUT2D eigenvalue weighted by molar-refractivity contribution is 5.75. The normalized spacial score (nSPS) is 10.7. The Morgan fingerprint density at radius 2 is 1.17 bits per heavy atom. The monoisotopic (exact) mass is 343 g/mol. The van der Waals surface area contributed by atoms with Crippen molar-refractivity contribution in [2.45, 2.75) is 89.9 Å². The molecular weight excluding hydrogens is 306 g/mol. The number of nitrogens with one attached hydrogen (secondary N) is 1. The third-order valence-electron chi connectivity index (χ3n) is 4.17. The highest BCUT2D eigenvalue weighted by atomic mass is 16.5. The number of amides is 1. The first kappa shape index (κ1) is 22.9. The zero-order valence-corrected chi connectivity index (χ0v) is 15.5. The van der Waals surface area contributed by atoms with Gasteiger partial charge in [0.15, 0.2) is 0 Å². The van der Waals surface area contributed by atoms with E-state index in [1.54, 1.807) is 7.11 Å². The van der Waals surface area contributed by atoms with Crippen molar-refractivity contribution in [2.75, 3.05) is 20.3 Å². The SMILES string of the molecule is COCCNC(=O)CCCCCCCCCCCCCCC(=O)O. The van der Waals surface area contributed by atoms with Gasteiger partial charge >= 0.3 is 5.97 Å². The van der Waals surface area contributed by atoms with Crippen LogP contribution in [-0.4, -0.2) is 37.2 Å². The number of carbonyl (C=O) groups is 2. The van der Waals surface area contributed by atoms with E-state index in [-0.39, 0.29) is 5.91 Å². The van der Waals surface area contributed by atoms with Crippen molar-refractivity contribution >= 4 is 11.9 Å². The molecule has 0 radical (unpaired) electrons. The molecular formula is C19H37NO4. The molecule has 0 bridgehead atoms. The molecule has 0 aliphatic carbocycles. The van der Waals surface area contributed by atoms with Crippen molar-refractivity contribution < 1.29 is 19.4 Å². The number of methoxy groups -OCH3 is 1. The van der Waals surface area contributed by atoms with Gasteiger partial charge in [-0.25, -0.2) is 0 Å². The van der Waals surface area contributed by atoms with Gasteiger partial charge in [0.2, 0.25) is 5.91 Å². The van der Waals surface area contributed by atoms with Crippen LogP contribution in [0.25, 0.3) is 0 Å². The number of hydrogen-bond acceptors (Lipinski definition) is 3. The van der Waals surface area contributed by atoms with E-state index in [1.807, 2.05) is 0 Å². The second-order valence-electron chi connectivity index (χ2n) is 6.48. The molecule has 1 amide bonds. The maximum Gasteiger partial charge on any atom is 0.303 e. The van der Waals surface area contributed by atoms with Gasteiger partial charge in [-0.2, -0.15) is 0 Å². The molecule has 0 saturated heterocycles. The summed E-state index contributed by atoms with van der Waals surface area (Å²) in [4.78, 5) is 21.8. The summed E-state index contributed by atoms with van der Waals surface area (Å²) < 4.78 is 4.89. The summed E-state index contributed by atoms with van der Waals surface area (Å²) in [6.07, 6.45) is 15.0. The summed E-state index contributed by atoms with van der Waals surface area (Å²) in [5.74, 6) is -0.544. The Balaban J connectivity index is 3.10. The third kappa shape index (κ3) is 18.9. The summed E-state index contributed by atoms with van der Waals surface area (Å²) in [6, 6.07) is 0. The van der Waals surface area contributed by atoms with E-state index >= 15 is 0 Å². The predicted molar refractivity (Wildman–Crippen MR) is 97.2 cm³/mol. The van der Waals surface area contributed by atoms with Crippen LogP contribution in [0.1, 0.15) is 89.9 Å². The molecule has 0 aromatic carbocycles. The Kier molecular flexibility index (Phi) is 17.4. The molecule has 0 saturated carbocycles. The summed E-state index contributed by atoms with van der Waals surface area (Å²) in [6.45, 7) is 1.18. The van der Waals surface area contributed by atoms with Crippen molar-refractivity contribution in [1.29, 1.82) is 0 Å². The molecule has 0 heterocycles. The molecule has 2 N–H and O–H groups in total. The van der Waals surface area contributed by atoms with E-state index in [0.717, 1.165) is 25.7 Å². The summed E-state index contributed by atoms with van der Waals surface area (Å²) in [7, 11) is 1.63. The van der Waals surface area contributed by atoms with Gasteiger partial charge in [0, 0.05) is 26.5 Å². The highest BCUT2D eigenvalue weighted by Crippen LogP contribution is 2.12. The second kappa shape index (κ2) is 18.2. The standard InChI is InChI=1S/C19H37NO4/c1-24-17-16-20-18(21)14-12-10-8-6-4-2-3-5-7-9-11-13-15-19(22)23/h2-17H2,1H3,(H,20,21)(H,22,23). The Morgan fingerprint density at radius 1 is 0.750 bits per heavy atom. The minimum absolute atomic E-state index is 0.135. The largest absolute Gasteiger partial charge is 0.481 e. The average molecular weight is 344 g/mol. The second-order valence-corrected chi connectivity index (χ2v) is 6.48. The van der Waals surface area contributed by atoms with Crippen molar-refractivity contribution in [3.63, 3.8) is 0 Å². The maximum atomic E-state index is 11.5. The molecule has 24 heavy (non-hydrogen) atoms. The number of carbonyl (C=O) groups excluding carboxylic acids is 1. The fraction of sp³-hybridized carbons (Fsp3) is 0.895. The minimum atomic E-state index is -0.679. The van der Waals surface area contributed by atoms with Crippen LogP contribution in [0, 0.1) is 0 Å². The summed E-state index contributed by atoms with van der Waals surface area (Å²) in [5.41, 5.74) is 0. The maximum absolute atomic E-state index is 11.5. The Morgan fingerprint density at radius 3 is 1.58 bits per heavy atom. The van der Waals surface area contributed by atoms with E-state index in [2.05, 4.69) is 5.32 Å². The number of hydrogen-bond donors (Lipinski definition) is 2. The van der Waals surface area contributed by atoms with Crippen LogP contribution in [0.15, 0.2) is 0 Å². The molecule has 0 aliphatic rings. The van der Waals surface area contributed by atoms with Gasteiger partial charge in [-0.3, -0.25) is 9.59 Å². The molecule has 0 atom stereocenters. The van der Waals surface area contributed by atoms with Gasteiger partial charge < -0.3 is 15.2 Å². The zero-order valence-electron chi connectivity index (χ0n) is 15.5. The lowest BCUT2D eigenvalue weighted by Gasteiger charge is -2.05. The van der Waals surface area contributed by atoms with Crippen LogP contribution in [0.4, 0.5) is 0 Å². The first-order valence-electron chi connectivity index (χ1n) is 9.64. The fourth-order valence-corrected chi connectivity index (χ4v) is 2.71. The Labute approximate surface area is 147 Å². The van der Waals surface area contributed by atoms with Crippen molar-refractivity contribution in [3.8, 4) is 0 Å². The molecule has 0 unspecified atom stereocenters. The van der Waals surface area contributed by atoms with Crippen LogP contribution >= 0.6 is 0 Å². The minimum Gasteiger partial charge on any atom is -0.481 e. The lowest BCUT2D eigenvalue weighted by atomic mass is 10.0. The van der Waals surface area contributed by atoms with Crippen LogP contribution in [-0.2, 0) is 14.3 Å². The zero-order chi connectivity index (χ0) is 17.9. The molecule has 5 nitrogen and oxygen atoms in total. The molecule has 5 heteroatoms. The predicted octanol–water partition coefficient (Wildman–Crippen LogP) is 4.30. The van der Waals surface area contributed by atoms with Crippen LogP contribution in [0.3, 0.4) is 0 Å². The van der Waals surface area contributed by atoms with Crippen LogP contribution < -0.4 is 5.32 Å². The molecule has 0 fully saturated rings. The van der Waals surface area contributed by atoms with Crippen molar-refractivity contribution in [3.05, 3.63) is 0 Å². The van der Waals surface area contributed by atoms with E-state index in [4.69, 9.17) is 9.84 Å². The van der Waals surface area contributed by atoms with Gasteiger partial charge in [0.05, 0.1) is 6.61 Å². The van der Waals surface area contributed by atoms with Gasteiger partial charge in [0.1, 0.15) is 0 Å². The Bertz CT molecular complexity index is 308. The quantitative estimate of drug-likeness (QED) is 0.364. The van der Waals surface area contributed by atoms with Crippen LogP contribution in [0.5, 0.6) is 0 Å². The summed E-state index contributed by atoms with van der Waals surface area (Å²) >= 11 is 0. The van der Waals surface area contributed by atoms with Crippen LogP contribution in [0.2, 0.25) is 0 Å². The number of unbranched alkanes of at least 4 members (excludes halogenated alkanes) is 11. The number of rotatable bonds is 18.